The van der Waals surface area contributed by atoms with E-state index in [1.165, 1.54) is 12.1 Å². The molecule has 0 saturated heterocycles. The Morgan fingerprint density at radius 2 is 1.35 bits per heavy atom. The van der Waals surface area contributed by atoms with E-state index in [-0.39, 0.29) is 5.82 Å². The van der Waals surface area contributed by atoms with Crippen LogP contribution in [-0.4, -0.2) is 35.5 Å². The zero-order chi connectivity index (χ0) is 15.2. The van der Waals surface area contributed by atoms with Crippen LogP contribution in [0.2, 0.25) is 0 Å². The average Bonchev–Trinajstić information content (AvgIpc) is 2.44. The van der Waals surface area contributed by atoms with E-state index in [1.807, 2.05) is 37.0 Å². The predicted octanol–water partition coefficient (Wildman–Crippen LogP) is 4.41. The first kappa shape index (κ1) is 17.2. The second-order valence-corrected chi connectivity index (χ2v) is 6.77. The molecule has 0 unspecified atom stereocenters. The number of hydrogen-bond donors (Lipinski definition) is 1. The van der Waals surface area contributed by atoms with Crippen molar-refractivity contribution in [2.75, 3.05) is 26.2 Å². The van der Waals surface area contributed by atoms with Crippen molar-refractivity contribution >= 4 is 7.58 Å². The topological polar surface area (TPSA) is 39.6 Å². The van der Waals surface area contributed by atoms with Crippen LogP contribution in [0.15, 0.2) is 24.3 Å². The summed E-state index contributed by atoms with van der Waals surface area (Å²) in [6, 6.07) is 5.91. The highest BCUT2D eigenvalue weighted by atomic mass is 31.2. The lowest BCUT2D eigenvalue weighted by Gasteiger charge is -2.39. The van der Waals surface area contributed by atoms with Gasteiger partial charge in [-0.05, 0) is 24.3 Å². The first-order chi connectivity index (χ1) is 9.51. The number of halogens is 1. The molecule has 0 bridgehead atoms. The van der Waals surface area contributed by atoms with Crippen LogP contribution in [0.1, 0.15) is 27.7 Å². The lowest BCUT2D eigenvalue weighted by molar-refractivity contribution is 0.344. The van der Waals surface area contributed by atoms with Gasteiger partial charge in [0.2, 0.25) is 0 Å². The van der Waals surface area contributed by atoms with Crippen molar-refractivity contribution in [3.63, 3.8) is 0 Å². The van der Waals surface area contributed by atoms with E-state index in [1.54, 1.807) is 12.1 Å². The van der Waals surface area contributed by atoms with Crippen molar-refractivity contribution in [1.29, 1.82) is 5.16 Å². The number of nitrogens with zero attached hydrogens (tertiary/aromatic N) is 2. The molecule has 0 aromatic heterocycles. The van der Waals surface area contributed by atoms with Gasteiger partial charge >= 0.3 is 0 Å². The molecule has 0 aliphatic heterocycles. The van der Waals surface area contributed by atoms with Crippen molar-refractivity contribution in [1.82, 2.24) is 9.34 Å². The summed E-state index contributed by atoms with van der Waals surface area (Å²) in [7, 11) is -2.63. The molecule has 1 aromatic carbocycles. The minimum atomic E-state index is -2.63. The van der Waals surface area contributed by atoms with Gasteiger partial charge in [-0.1, -0.05) is 27.7 Å². The Bertz CT molecular complexity index is 428. The summed E-state index contributed by atoms with van der Waals surface area (Å²) in [5.41, 5.74) is 0. The van der Waals surface area contributed by atoms with Crippen LogP contribution in [0.25, 0.3) is 0 Å². The molecule has 1 N–H and O–H groups in total. The van der Waals surface area contributed by atoms with Gasteiger partial charge in [-0.15, -0.1) is 0 Å². The van der Waals surface area contributed by atoms with Gasteiger partial charge in [0.15, 0.2) is 0 Å². The third kappa shape index (κ3) is 3.81. The highest BCUT2D eigenvalue weighted by Gasteiger charge is 2.32. The molecule has 0 aliphatic rings. The maximum Gasteiger partial charge on any atom is 0.276 e. The minimum absolute atomic E-state index is 0.294. The third-order valence-corrected chi connectivity index (χ3v) is 6.40. The largest absolute Gasteiger partial charge is 0.436 e. The fraction of sp³-hybridized carbons (Fsp3) is 0.571. The van der Waals surface area contributed by atoms with E-state index in [4.69, 9.17) is 9.69 Å². The van der Waals surface area contributed by atoms with Crippen molar-refractivity contribution < 1.29 is 8.91 Å². The fourth-order valence-corrected chi connectivity index (χ4v) is 4.69. The summed E-state index contributed by atoms with van der Waals surface area (Å²) in [5, 5.41) is 8.87. The third-order valence-electron chi connectivity index (χ3n) is 3.27. The lowest BCUT2D eigenvalue weighted by atomic mass is 10.3. The van der Waals surface area contributed by atoms with E-state index in [2.05, 4.69) is 0 Å². The number of hydrogen-bond acceptors (Lipinski definition) is 2. The maximum absolute atomic E-state index is 13.0. The Balaban J connectivity index is 3.10. The molecule has 1 aromatic rings. The van der Waals surface area contributed by atoms with Crippen molar-refractivity contribution in [3.05, 3.63) is 30.1 Å². The second kappa shape index (κ2) is 7.77. The molecule has 0 heterocycles. The van der Waals surface area contributed by atoms with Gasteiger partial charge < -0.3 is 4.52 Å². The van der Waals surface area contributed by atoms with Crippen molar-refractivity contribution in [2.24, 2.45) is 0 Å². The van der Waals surface area contributed by atoms with Crippen molar-refractivity contribution in [3.8, 4) is 5.75 Å². The van der Waals surface area contributed by atoms with E-state index >= 15 is 0 Å². The Hall–Kier alpha value is -0.900. The van der Waals surface area contributed by atoms with E-state index < -0.39 is 7.58 Å². The highest BCUT2D eigenvalue weighted by molar-refractivity contribution is 7.55. The second-order valence-electron chi connectivity index (χ2n) is 4.37. The quantitative estimate of drug-likeness (QED) is 0.723. The van der Waals surface area contributed by atoms with Crippen LogP contribution in [-0.2, 0) is 0 Å². The summed E-state index contributed by atoms with van der Waals surface area (Å²) >= 11 is 0. The molecule has 20 heavy (non-hydrogen) atoms. The molecule has 4 nitrogen and oxygen atoms in total. The Morgan fingerprint density at radius 1 is 0.950 bits per heavy atom. The van der Waals surface area contributed by atoms with Gasteiger partial charge in [-0.2, -0.15) is 0 Å². The SMILES string of the molecule is CCN(CC)P(=N)(Oc1ccc(F)cc1)N(CC)CC. The van der Waals surface area contributed by atoms with Gasteiger partial charge in [0.25, 0.3) is 7.58 Å². The van der Waals surface area contributed by atoms with Crippen LogP contribution < -0.4 is 4.52 Å². The first-order valence-electron chi connectivity index (χ1n) is 7.11. The van der Waals surface area contributed by atoms with Crippen LogP contribution in [0.3, 0.4) is 0 Å². The van der Waals surface area contributed by atoms with Crippen LogP contribution >= 0.6 is 7.58 Å². The van der Waals surface area contributed by atoms with Crippen LogP contribution in [0, 0.1) is 11.0 Å². The van der Waals surface area contributed by atoms with Gasteiger partial charge in [-0.25, -0.2) is 13.7 Å². The molecule has 0 fully saturated rings. The molecule has 0 aliphatic carbocycles. The van der Waals surface area contributed by atoms with E-state index in [9.17, 15) is 4.39 Å². The summed E-state index contributed by atoms with van der Waals surface area (Å²) < 4.78 is 23.1. The Labute approximate surface area is 121 Å². The molecule has 0 amide bonds. The van der Waals surface area contributed by atoms with Crippen molar-refractivity contribution in [2.45, 2.75) is 27.7 Å². The number of nitrogens with one attached hydrogen (secondary N) is 1. The fourth-order valence-electron chi connectivity index (χ4n) is 2.15. The zero-order valence-electron chi connectivity index (χ0n) is 12.8. The van der Waals surface area contributed by atoms with Crippen LogP contribution in [0.4, 0.5) is 4.39 Å². The normalized spacial score (nSPS) is 12.2. The van der Waals surface area contributed by atoms with Gasteiger partial charge in [0, 0.05) is 26.2 Å². The molecule has 6 heteroatoms. The smallest absolute Gasteiger partial charge is 0.276 e. The molecule has 0 atom stereocenters. The molecule has 114 valence electrons. The van der Waals surface area contributed by atoms with Gasteiger partial charge in [0.05, 0.1) is 0 Å². The zero-order valence-corrected chi connectivity index (χ0v) is 13.7. The summed E-state index contributed by atoms with van der Waals surface area (Å²) in [5.74, 6) is 0.255. The molecule has 0 radical (unpaired) electrons. The predicted molar refractivity (Wildman–Crippen MR) is 82.5 cm³/mol. The lowest BCUT2D eigenvalue weighted by Crippen LogP contribution is -2.34. The average molecular weight is 301 g/mol. The van der Waals surface area contributed by atoms with Gasteiger partial charge in [0.1, 0.15) is 11.6 Å². The first-order valence-corrected chi connectivity index (χ1v) is 8.73. The summed E-state index contributed by atoms with van der Waals surface area (Å²) in [6.07, 6.45) is 0. The summed E-state index contributed by atoms with van der Waals surface area (Å²) in [6.45, 7) is 11.1. The maximum atomic E-state index is 13.0. The van der Waals surface area contributed by atoms with E-state index in [0.29, 0.717) is 5.75 Å². The molecule has 0 saturated carbocycles. The number of rotatable bonds is 8. The monoisotopic (exact) mass is 301 g/mol. The van der Waals surface area contributed by atoms with E-state index in [0.717, 1.165) is 26.2 Å². The van der Waals surface area contributed by atoms with Gasteiger partial charge in [-0.3, -0.25) is 5.16 Å². The molecular formula is C14H25FN3OP. The Morgan fingerprint density at radius 3 is 1.70 bits per heavy atom. The molecule has 0 spiro atoms. The number of benzene rings is 1. The van der Waals surface area contributed by atoms with Crippen LogP contribution in [0.5, 0.6) is 5.75 Å². The highest BCUT2D eigenvalue weighted by Crippen LogP contribution is 2.54. The standard InChI is InChI=1S/C14H25FN3OP/c1-5-17(6-2)20(16,18(7-3)8-4)19-14-11-9-13(15)10-12-14/h9-12,16H,5-8H2,1-4H3. The summed E-state index contributed by atoms with van der Waals surface area (Å²) in [4.78, 5) is 0. The Kier molecular flexibility index (Phi) is 6.66. The minimum Gasteiger partial charge on any atom is -0.436 e. The molecule has 1 rings (SSSR count). The molecular weight excluding hydrogens is 276 g/mol.